The maximum atomic E-state index is 12.7. The first-order valence-corrected chi connectivity index (χ1v) is 9.31. The number of pyridine rings is 1. The number of carbonyl (C=O) groups is 2. The number of hydrogen-bond acceptors (Lipinski definition) is 3. The number of hydrogen-bond donors (Lipinski definition) is 2. The van der Waals surface area contributed by atoms with Crippen molar-refractivity contribution in [2.45, 2.75) is 6.04 Å². The Morgan fingerprint density at radius 2 is 1.82 bits per heavy atom. The van der Waals surface area contributed by atoms with Gasteiger partial charge >= 0.3 is 0 Å². The highest BCUT2D eigenvalue weighted by atomic mass is 35.5. The van der Waals surface area contributed by atoms with Gasteiger partial charge in [0.1, 0.15) is 11.4 Å². The summed E-state index contributed by atoms with van der Waals surface area (Å²) < 4.78 is 1.34. The minimum absolute atomic E-state index is 0.0412. The van der Waals surface area contributed by atoms with E-state index in [9.17, 15) is 14.4 Å². The molecule has 0 aliphatic carbocycles. The molecule has 3 rings (SSSR count). The van der Waals surface area contributed by atoms with Crippen LogP contribution in [0.15, 0.2) is 65.6 Å². The molecule has 1 atom stereocenters. The third-order valence-corrected chi connectivity index (χ3v) is 4.72. The van der Waals surface area contributed by atoms with Gasteiger partial charge in [-0.15, -0.1) is 11.6 Å². The molecule has 3 aromatic rings. The lowest BCUT2D eigenvalue weighted by Crippen LogP contribution is -2.40. The Bertz CT molecular complexity index is 1080. The van der Waals surface area contributed by atoms with Crippen LogP contribution in [-0.4, -0.2) is 28.8 Å². The fourth-order valence-corrected chi connectivity index (χ4v) is 3.04. The summed E-state index contributed by atoms with van der Waals surface area (Å²) in [6.45, 7) is 0.156. The van der Waals surface area contributed by atoms with E-state index in [0.717, 1.165) is 16.3 Å². The van der Waals surface area contributed by atoms with Gasteiger partial charge < -0.3 is 15.2 Å². The SMILES string of the molecule is Cn1cccc(C(=O)NC(CNC(=O)CCl)c2ccc3ccccc3c2)c1=O. The third-order valence-electron chi connectivity index (χ3n) is 4.47. The molecule has 0 aliphatic heterocycles. The molecule has 28 heavy (non-hydrogen) atoms. The van der Waals surface area contributed by atoms with Gasteiger partial charge in [0.25, 0.3) is 11.5 Å². The molecule has 7 heteroatoms. The molecule has 0 saturated heterocycles. The minimum Gasteiger partial charge on any atom is -0.353 e. The van der Waals surface area contributed by atoms with Crippen LogP contribution in [0.2, 0.25) is 0 Å². The van der Waals surface area contributed by atoms with Crippen LogP contribution in [0.3, 0.4) is 0 Å². The van der Waals surface area contributed by atoms with Gasteiger partial charge in [0, 0.05) is 19.8 Å². The van der Waals surface area contributed by atoms with E-state index in [1.54, 1.807) is 19.3 Å². The van der Waals surface area contributed by atoms with Gasteiger partial charge in [-0.2, -0.15) is 0 Å². The quantitative estimate of drug-likeness (QED) is 0.626. The molecule has 2 amide bonds. The molecule has 1 unspecified atom stereocenters. The molecule has 1 heterocycles. The number of fused-ring (bicyclic) bond motifs is 1. The van der Waals surface area contributed by atoms with Gasteiger partial charge in [0.15, 0.2) is 0 Å². The highest BCUT2D eigenvalue weighted by Gasteiger charge is 2.19. The average molecular weight is 398 g/mol. The predicted molar refractivity (Wildman–Crippen MR) is 110 cm³/mol. The maximum Gasteiger partial charge on any atom is 0.263 e. The number of carbonyl (C=O) groups excluding carboxylic acids is 2. The molecular weight excluding hydrogens is 378 g/mol. The summed E-state index contributed by atoms with van der Waals surface area (Å²) in [5, 5.41) is 7.62. The van der Waals surface area contributed by atoms with Gasteiger partial charge in [-0.1, -0.05) is 36.4 Å². The van der Waals surface area contributed by atoms with Crippen LogP contribution in [0, 0.1) is 0 Å². The highest BCUT2D eigenvalue weighted by Crippen LogP contribution is 2.20. The summed E-state index contributed by atoms with van der Waals surface area (Å²) in [6.07, 6.45) is 1.58. The Morgan fingerprint density at radius 1 is 1.07 bits per heavy atom. The van der Waals surface area contributed by atoms with E-state index < -0.39 is 11.9 Å². The number of nitrogens with zero attached hydrogens (tertiary/aromatic N) is 1. The van der Waals surface area contributed by atoms with E-state index in [-0.39, 0.29) is 29.5 Å². The topological polar surface area (TPSA) is 80.2 Å². The first-order valence-electron chi connectivity index (χ1n) is 8.77. The lowest BCUT2D eigenvalue weighted by Gasteiger charge is -2.20. The number of aromatic nitrogens is 1. The molecule has 0 bridgehead atoms. The second kappa shape index (κ2) is 8.71. The first-order chi connectivity index (χ1) is 13.5. The fraction of sp³-hybridized carbons (Fsp3) is 0.190. The second-order valence-corrected chi connectivity index (χ2v) is 6.68. The number of nitrogens with one attached hydrogen (secondary N) is 2. The van der Waals surface area contributed by atoms with Crippen molar-refractivity contribution in [2.75, 3.05) is 12.4 Å². The van der Waals surface area contributed by atoms with Crippen LogP contribution in [-0.2, 0) is 11.8 Å². The molecule has 2 N–H and O–H groups in total. The van der Waals surface area contributed by atoms with Crippen molar-refractivity contribution in [2.24, 2.45) is 7.05 Å². The zero-order valence-electron chi connectivity index (χ0n) is 15.3. The summed E-state index contributed by atoms with van der Waals surface area (Å²) in [5.41, 5.74) is 0.469. The van der Waals surface area contributed by atoms with Crippen LogP contribution in [0.1, 0.15) is 22.0 Å². The lowest BCUT2D eigenvalue weighted by molar-refractivity contribution is -0.118. The Labute approximate surface area is 167 Å². The molecule has 1 aromatic heterocycles. The molecule has 0 saturated carbocycles. The number of alkyl halides is 1. The van der Waals surface area contributed by atoms with E-state index >= 15 is 0 Å². The lowest BCUT2D eigenvalue weighted by atomic mass is 10.0. The molecule has 6 nitrogen and oxygen atoms in total. The minimum atomic E-state index is -0.519. The molecule has 0 spiro atoms. The van der Waals surface area contributed by atoms with Gasteiger partial charge in [-0.05, 0) is 34.5 Å². The zero-order valence-corrected chi connectivity index (χ0v) is 16.1. The summed E-state index contributed by atoms with van der Waals surface area (Å²) >= 11 is 5.56. The number of halogens is 1. The molecule has 0 radical (unpaired) electrons. The van der Waals surface area contributed by atoms with Crippen molar-refractivity contribution >= 4 is 34.2 Å². The highest BCUT2D eigenvalue weighted by molar-refractivity contribution is 6.27. The van der Waals surface area contributed by atoms with Gasteiger partial charge in [0.2, 0.25) is 5.91 Å². The van der Waals surface area contributed by atoms with Crippen molar-refractivity contribution in [3.63, 3.8) is 0 Å². The Hall–Kier alpha value is -3.12. The molecule has 144 valence electrons. The molecule has 0 aliphatic rings. The van der Waals surface area contributed by atoms with Crippen molar-refractivity contribution in [1.82, 2.24) is 15.2 Å². The van der Waals surface area contributed by atoms with Crippen molar-refractivity contribution in [1.29, 1.82) is 0 Å². The summed E-state index contributed by atoms with van der Waals surface area (Å²) in [7, 11) is 1.58. The van der Waals surface area contributed by atoms with E-state index in [1.165, 1.54) is 10.6 Å². The molecule has 0 fully saturated rings. The summed E-state index contributed by atoms with van der Waals surface area (Å²) in [6, 6.07) is 16.2. The summed E-state index contributed by atoms with van der Waals surface area (Å²) in [4.78, 5) is 36.6. The van der Waals surface area contributed by atoms with Gasteiger partial charge in [-0.25, -0.2) is 0 Å². The van der Waals surface area contributed by atoms with Gasteiger partial charge in [-0.3, -0.25) is 14.4 Å². The summed E-state index contributed by atoms with van der Waals surface area (Å²) in [5.74, 6) is -1.01. The van der Waals surface area contributed by atoms with Crippen LogP contribution in [0.25, 0.3) is 10.8 Å². The molecule has 2 aromatic carbocycles. The van der Waals surface area contributed by atoms with Crippen molar-refractivity contribution in [3.8, 4) is 0 Å². The fourth-order valence-electron chi connectivity index (χ4n) is 2.95. The Kier molecular flexibility index (Phi) is 6.11. The normalized spacial score (nSPS) is 11.8. The van der Waals surface area contributed by atoms with E-state index in [1.807, 2.05) is 42.5 Å². The zero-order chi connectivity index (χ0) is 20.1. The Balaban J connectivity index is 1.91. The number of rotatable bonds is 6. The van der Waals surface area contributed by atoms with E-state index in [4.69, 9.17) is 11.6 Å². The second-order valence-electron chi connectivity index (χ2n) is 6.41. The average Bonchev–Trinajstić information content (AvgIpc) is 2.72. The van der Waals surface area contributed by atoms with Crippen LogP contribution < -0.4 is 16.2 Å². The third kappa shape index (κ3) is 4.40. The monoisotopic (exact) mass is 397 g/mol. The number of amides is 2. The van der Waals surface area contributed by atoms with Crippen LogP contribution >= 0.6 is 11.6 Å². The van der Waals surface area contributed by atoms with E-state index in [2.05, 4.69) is 10.6 Å². The maximum absolute atomic E-state index is 12.7. The standard InChI is InChI=1S/C21H20ClN3O3/c1-25-10-4-7-17(21(25)28)20(27)24-18(13-23-19(26)12-22)16-9-8-14-5-2-3-6-15(14)11-16/h2-11,18H,12-13H2,1H3,(H,23,26)(H,24,27). The van der Waals surface area contributed by atoms with Crippen LogP contribution in [0.5, 0.6) is 0 Å². The van der Waals surface area contributed by atoms with Crippen molar-refractivity contribution in [3.05, 3.63) is 82.3 Å². The largest absolute Gasteiger partial charge is 0.353 e. The smallest absolute Gasteiger partial charge is 0.263 e. The molecular formula is C21H20ClN3O3. The predicted octanol–water partition coefficient (Wildman–Crippen LogP) is 2.36. The number of benzene rings is 2. The van der Waals surface area contributed by atoms with Crippen LogP contribution in [0.4, 0.5) is 0 Å². The Morgan fingerprint density at radius 3 is 2.57 bits per heavy atom. The number of aryl methyl sites for hydroxylation is 1. The van der Waals surface area contributed by atoms with Crippen molar-refractivity contribution < 1.29 is 9.59 Å². The first kappa shape index (κ1) is 19.6. The van der Waals surface area contributed by atoms with E-state index in [0.29, 0.717) is 0 Å². The van der Waals surface area contributed by atoms with Gasteiger partial charge in [0.05, 0.1) is 6.04 Å².